The maximum atomic E-state index is 2.44. The first-order valence-corrected chi connectivity index (χ1v) is 16.0. The number of aryl methyl sites for hydroxylation is 1. The van der Waals surface area contributed by atoms with Gasteiger partial charge in [-0.3, -0.25) is 0 Å². The molecule has 0 bridgehead atoms. The van der Waals surface area contributed by atoms with E-state index in [2.05, 4.69) is 181 Å². The van der Waals surface area contributed by atoms with Crippen molar-refractivity contribution in [3.05, 3.63) is 197 Å². The maximum Gasteiger partial charge on any atom is 0.0496 e. The van der Waals surface area contributed by atoms with Gasteiger partial charge in [0.2, 0.25) is 0 Å². The summed E-state index contributed by atoms with van der Waals surface area (Å²) >= 11 is 0. The van der Waals surface area contributed by atoms with Crippen molar-refractivity contribution in [1.82, 2.24) is 0 Å². The van der Waals surface area contributed by atoms with Crippen molar-refractivity contribution in [1.29, 1.82) is 0 Å². The summed E-state index contributed by atoms with van der Waals surface area (Å²) in [6.45, 7) is 0. The van der Waals surface area contributed by atoms with Crippen molar-refractivity contribution in [2.75, 3.05) is 4.90 Å². The number of anilines is 3. The van der Waals surface area contributed by atoms with Crippen LogP contribution >= 0.6 is 0 Å². The largest absolute Gasteiger partial charge is 0.310 e. The van der Waals surface area contributed by atoms with E-state index in [0.29, 0.717) is 0 Å². The fourth-order valence-electron chi connectivity index (χ4n) is 6.34. The van der Waals surface area contributed by atoms with E-state index in [1.807, 2.05) is 0 Å². The van der Waals surface area contributed by atoms with Gasteiger partial charge in [-0.05, 0) is 107 Å². The minimum absolute atomic E-state index is 1.12. The first-order valence-electron chi connectivity index (χ1n) is 16.0. The lowest BCUT2D eigenvalue weighted by Crippen LogP contribution is -2.15. The van der Waals surface area contributed by atoms with E-state index < -0.39 is 0 Å². The Kier molecular flexibility index (Phi) is 8.51. The van der Waals surface area contributed by atoms with Crippen molar-refractivity contribution < 1.29 is 0 Å². The first kappa shape index (κ1) is 28.4. The third-order valence-corrected chi connectivity index (χ3v) is 8.66. The smallest absolute Gasteiger partial charge is 0.0496 e. The van der Waals surface area contributed by atoms with Crippen LogP contribution in [-0.4, -0.2) is 0 Å². The van der Waals surface area contributed by atoms with Gasteiger partial charge in [-0.2, -0.15) is 0 Å². The fraction of sp³-hybridized carbons (Fsp3) is 0.0909. The normalized spacial score (nSPS) is 12.4. The Morgan fingerprint density at radius 3 is 1.56 bits per heavy atom. The first-order chi connectivity index (χ1) is 22.3. The molecule has 6 aromatic carbocycles. The molecule has 0 amide bonds. The second kappa shape index (κ2) is 13.5. The summed E-state index contributed by atoms with van der Waals surface area (Å²) in [6, 6.07) is 56.6. The Morgan fingerprint density at radius 1 is 0.444 bits per heavy atom. The molecule has 1 nitrogen and oxygen atoms in total. The molecule has 0 saturated heterocycles. The van der Waals surface area contributed by atoms with Crippen LogP contribution in [0.25, 0.3) is 23.8 Å². The highest BCUT2D eigenvalue weighted by atomic mass is 15.1. The van der Waals surface area contributed by atoms with E-state index in [4.69, 9.17) is 0 Å². The van der Waals surface area contributed by atoms with Crippen LogP contribution in [0.3, 0.4) is 0 Å². The third kappa shape index (κ3) is 6.59. The molecular weight excluding hydrogens is 542 g/mol. The lowest BCUT2D eigenvalue weighted by Gasteiger charge is -2.30. The highest BCUT2D eigenvalue weighted by Crippen LogP contribution is 2.40. The topological polar surface area (TPSA) is 3.24 Å². The molecule has 0 heterocycles. The van der Waals surface area contributed by atoms with Gasteiger partial charge in [-0.25, -0.2) is 0 Å². The van der Waals surface area contributed by atoms with Crippen LogP contribution in [-0.2, 0) is 12.8 Å². The lowest BCUT2D eigenvalue weighted by molar-refractivity contribution is 0.686. The Morgan fingerprint density at radius 2 is 0.956 bits per heavy atom. The monoisotopic (exact) mass is 579 g/mol. The predicted octanol–water partition coefficient (Wildman–Crippen LogP) is 11.8. The zero-order valence-electron chi connectivity index (χ0n) is 25.5. The van der Waals surface area contributed by atoms with E-state index in [1.54, 1.807) is 0 Å². The summed E-state index contributed by atoms with van der Waals surface area (Å²) in [6.07, 6.45) is 11.5. The van der Waals surface area contributed by atoms with Gasteiger partial charge in [0.1, 0.15) is 0 Å². The minimum Gasteiger partial charge on any atom is -0.310 e. The predicted molar refractivity (Wildman–Crippen MR) is 193 cm³/mol. The molecule has 1 aliphatic rings. The van der Waals surface area contributed by atoms with E-state index in [0.717, 1.165) is 12.8 Å². The van der Waals surface area contributed by atoms with Gasteiger partial charge in [0.05, 0.1) is 0 Å². The summed E-state index contributed by atoms with van der Waals surface area (Å²) in [5.74, 6) is 0. The summed E-state index contributed by atoms with van der Waals surface area (Å²) in [5, 5.41) is 0. The maximum absolute atomic E-state index is 2.44. The molecule has 0 radical (unpaired) electrons. The van der Waals surface area contributed by atoms with Crippen LogP contribution in [0, 0.1) is 0 Å². The number of hydrogen-bond donors (Lipinski definition) is 0. The van der Waals surface area contributed by atoms with Crippen LogP contribution in [0.1, 0.15) is 51.8 Å². The van der Waals surface area contributed by atoms with Crippen molar-refractivity contribution in [2.24, 2.45) is 0 Å². The standard InChI is InChI=1S/C44H37N/c1-4-13-34(14-5-1)23-24-35-25-29-40(30-26-35)45(44-22-12-20-37-19-10-11-21-42(37)44)41-31-27-36(28-32-41)33-43(38-15-6-2-7-16-38)39-17-8-3-9-18-39/h1-9,12-18,20,22-33H,10-11,19,21H2. The minimum atomic E-state index is 1.12. The van der Waals surface area contributed by atoms with Crippen molar-refractivity contribution >= 4 is 40.9 Å². The number of benzene rings is 6. The Balaban J connectivity index is 1.26. The molecule has 6 aromatic rings. The molecule has 1 aliphatic carbocycles. The SMILES string of the molecule is C(=Cc1ccc(N(c2ccc(C=C(c3ccccc3)c3ccccc3)cc2)c2cccc3c2CCCC3)cc1)c1ccccc1. The van der Waals surface area contributed by atoms with Crippen LogP contribution in [0.15, 0.2) is 158 Å². The number of nitrogens with zero attached hydrogens (tertiary/aromatic N) is 1. The molecule has 0 atom stereocenters. The lowest BCUT2D eigenvalue weighted by atomic mass is 9.89. The van der Waals surface area contributed by atoms with Crippen LogP contribution in [0.2, 0.25) is 0 Å². The average Bonchev–Trinajstić information content (AvgIpc) is 3.12. The average molecular weight is 580 g/mol. The summed E-state index contributed by atoms with van der Waals surface area (Å²) in [7, 11) is 0. The number of rotatable bonds is 8. The van der Waals surface area contributed by atoms with Crippen molar-refractivity contribution in [3.63, 3.8) is 0 Å². The summed E-state index contributed by atoms with van der Waals surface area (Å²) in [5.41, 5.74) is 13.8. The highest BCUT2D eigenvalue weighted by Gasteiger charge is 2.20. The van der Waals surface area contributed by atoms with Crippen LogP contribution in [0.5, 0.6) is 0 Å². The van der Waals surface area contributed by atoms with Crippen LogP contribution < -0.4 is 4.90 Å². The second-order valence-electron chi connectivity index (χ2n) is 11.7. The van der Waals surface area contributed by atoms with E-state index >= 15 is 0 Å². The van der Waals surface area contributed by atoms with Gasteiger partial charge in [0.15, 0.2) is 0 Å². The molecule has 0 aliphatic heterocycles. The Bertz CT molecular complexity index is 1860. The summed E-state index contributed by atoms with van der Waals surface area (Å²) < 4.78 is 0. The molecule has 0 aromatic heterocycles. The summed E-state index contributed by atoms with van der Waals surface area (Å²) in [4.78, 5) is 2.44. The van der Waals surface area contributed by atoms with Gasteiger partial charge in [0, 0.05) is 17.1 Å². The molecule has 0 unspecified atom stereocenters. The van der Waals surface area contributed by atoms with Gasteiger partial charge in [0.25, 0.3) is 0 Å². The molecule has 7 rings (SSSR count). The molecular formula is C44H37N. The molecule has 0 spiro atoms. The Labute approximate surface area is 267 Å². The quantitative estimate of drug-likeness (QED) is 0.162. The Hall–Kier alpha value is -5.40. The fourth-order valence-corrected chi connectivity index (χ4v) is 6.34. The van der Waals surface area contributed by atoms with E-state index in [1.165, 1.54) is 74.4 Å². The zero-order chi connectivity index (χ0) is 30.3. The van der Waals surface area contributed by atoms with Gasteiger partial charge in [-0.15, -0.1) is 0 Å². The molecule has 45 heavy (non-hydrogen) atoms. The molecule has 0 N–H and O–H groups in total. The van der Waals surface area contributed by atoms with Gasteiger partial charge >= 0.3 is 0 Å². The highest BCUT2D eigenvalue weighted by molar-refractivity contribution is 5.92. The molecule has 218 valence electrons. The molecule has 0 saturated carbocycles. The van der Waals surface area contributed by atoms with E-state index in [9.17, 15) is 0 Å². The van der Waals surface area contributed by atoms with Crippen molar-refractivity contribution in [3.8, 4) is 0 Å². The van der Waals surface area contributed by atoms with Gasteiger partial charge < -0.3 is 4.90 Å². The van der Waals surface area contributed by atoms with Crippen LogP contribution in [0.4, 0.5) is 17.1 Å². The molecule has 1 heteroatoms. The van der Waals surface area contributed by atoms with Crippen molar-refractivity contribution in [2.45, 2.75) is 25.7 Å². The second-order valence-corrected chi connectivity index (χ2v) is 11.7. The molecule has 0 fully saturated rings. The third-order valence-electron chi connectivity index (χ3n) is 8.66. The zero-order valence-corrected chi connectivity index (χ0v) is 25.5. The number of hydrogen-bond acceptors (Lipinski definition) is 1. The van der Waals surface area contributed by atoms with E-state index in [-0.39, 0.29) is 0 Å². The number of fused-ring (bicyclic) bond motifs is 1. The van der Waals surface area contributed by atoms with Gasteiger partial charge in [-0.1, -0.05) is 140 Å².